The lowest BCUT2D eigenvalue weighted by atomic mass is 10.1. The summed E-state index contributed by atoms with van der Waals surface area (Å²) in [6.07, 6.45) is 3.79. The second kappa shape index (κ2) is 11.4. The molecule has 0 radical (unpaired) electrons. The number of ether oxygens (including phenoxy) is 3. The number of hydrogen-bond donors (Lipinski definition) is 1. The molecule has 0 unspecified atom stereocenters. The molecule has 0 saturated heterocycles. The normalized spacial score (nSPS) is 10.8. The Kier molecular flexibility index (Phi) is 7.90. The van der Waals surface area contributed by atoms with Crippen LogP contribution in [0.5, 0.6) is 17.2 Å². The molecule has 0 aliphatic rings. The molecule has 7 nitrogen and oxygen atoms in total. The topological polar surface area (TPSA) is 74.6 Å². The Morgan fingerprint density at radius 3 is 2.31 bits per heavy atom. The van der Waals surface area contributed by atoms with E-state index in [4.69, 9.17) is 14.2 Å². The number of hydrogen-bond acceptors (Lipinski definition) is 5. The van der Waals surface area contributed by atoms with Crippen molar-refractivity contribution in [1.29, 1.82) is 0 Å². The molecule has 7 heteroatoms. The lowest BCUT2D eigenvalue weighted by Crippen LogP contribution is -2.13. The molecule has 0 spiro atoms. The summed E-state index contributed by atoms with van der Waals surface area (Å²) in [5.74, 6) is 2.37. The van der Waals surface area contributed by atoms with E-state index < -0.39 is 0 Å². The highest BCUT2D eigenvalue weighted by atomic mass is 16.5. The maximum atomic E-state index is 13.1. The molecule has 0 aliphatic carbocycles. The Hall–Kier alpha value is -4.26. The van der Waals surface area contributed by atoms with Gasteiger partial charge in [-0.1, -0.05) is 56.3 Å². The molecule has 36 heavy (non-hydrogen) atoms. The first kappa shape index (κ1) is 24.9. The molecule has 0 atom stereocenters. The van der Waals surface area contributed by atoms with Crippen LogP contribution in [0, 0.1) is 0 Å². The number of aromatic nitrogens is 2. The number of imidazole rings is 1. The molecule has 186 valence electrons. The van der Waals surface area contributed by atoms with Crippen molar-refractivity contribution in [2.75, 3.05) is 19.5 Å². The summed E-state index contributed by atoms with van der Waals surface area (Å²) >= 11 is 0. The third kappa shape index (κ3) is 5.86. The monoisotopic (exact) mass is 485 g/mol. The van der Waals surface area contributed by atoms with Crippen LogP contribution in [-0.4, -0.2) is 29.7 Å². The van der Waals surface area contributed by atoms with Gasteiger partial charge in [0.15, 0.2) is 11.5 Å². The minimum absolute atomic E-state index is 0.274. The molecule has 0 bridgehead atoms. The van der Waals surface area contributed by atoms with Crippen LogP contribution in [0.15, 0.2) is 79.1 Å². The van der Waals surface area contributed by atoms with E-state index in [9.17, 15) is 4.79 Å². The molecule has 4 aromatic rings. The number of methoxy groups -OCH3 is 2. The number of nitrogens with zero attached hydrogens (tertiary/aromatic N) is 2. The summed E-state index contributed by atoms with van der Waals surface area (Å²) in [5, 5.41) is 2.98. The fourth-order valence-corrected chi connectivity index (χ4v) is 3.99. The summed E-state index contributed by atoms with van der Waals surface area (Å²) < 4.78 is 19.2. The lowest BCUT2D eigenvalue weighted by molar-refractivity contribution is 0.102. The second-order valence-corrected chi connectivity index (χ2v) is 8.71. The van der Waals surface area contributed by atoms with Gasteiger partial charge < -0.3 is 24.1 Å². The van der Waals surface area contributed by atoms with Gasteiger partial charge in [0.05, 0.1) is 14.2 Å². The highest BCUT2D eigenvalue weighted by Crippen LogP contribution is 2.39. The van der Waals surface area contributed by atoms with E-state index in [-0.39, 0.29) is 5.91 Å². The van der Waals surface area contributed by atoms with Crippen molar-refractivity contribution in [3.63, 3.8) is 0 Å². The van der Waals surface area contributed by atoms with Crippen molar-refractivity contribution >= 4 is 11.6 Å². The standard InChI is InChI=1S/C29H31N3O4/c1-20(2)28-30-13-14-32(28)18-22-11-8-12-24(15-22)31-29(33)23-16-25(34-3)27(26(17-23)35-4)36-19-21-9-6-5-7-10-21/h5-17,20H,18-19H2,1-4H3,(H,31,33). The smallest absolute Gasteiger partial charge is 0.255 e. The average Bonchev–Trinajstić information content (AvgIpc) is 3.36. The van der Waals surface area contributed by atoms with Crippen molar-refractivity contribution in [2.24, 2.45) is 0 Å². The summed E-state index contributed by atoms with van der Waals surface area (Å²) in [6.45, 7) is 5.26. The number of benzene rings is 3. The van der Waals surface area contributed by atoms with Gasteiger partial charge in [0.25, 0.3) is 5.91 Å². The van der Waals surface area contributed by atoms with E-state index in [1.54, 1.807) is 12.1 Å². The van der Waals surface area contributed by atoms with Crippen molar-refractivity contribution in [3.05, 3.63) is 102 Å². The van der Waals surface area contributed by atoms with Gasteiger partial charge in [-0.25, -0.2) is 4.98 Å². The minimum atomic E-state index is -0.274. The van der Waals surface area contributed by atoms with Crippen LogP contribution in [0.1, 0.15) is 47.1 Å². The highest BCUT2D eigenvalue weighted by molar-refractivity contribution is 6.05. The predicted molar refractivity (Wildman–Crippen MR) is 140 cm³/mol. The van der Waals surface area contributed by atoms with E-state index in [0.29, 0.717) is 47.6 Å². The van der Waals surface area contributed by atoms with Crippen LogP contribution in [0.3, 0.4) is 0 Å². The Balaban J connectivity index is 1.51. The zero-order valence-corrected chi connectivity index (χ0v) is 21.0. The van der Waals surface area contributed by atoms with Gasteiger partial charge in [0, 0.05) is 36.1 Å². The summed E-state index contributed by atoms with van der Waals surface area (Å²) in [6, 6.07) is 20.9. The quantitative estimate of drug-likeness (QED) is 0.303. The Labute approximate surface area is 211 Å². The maximum Gasteiger partial charge on any atom is 0.255 e. The summed E-state index contributed by atoms with van der Waals surface area (Å²) in [4.78, 5) is 17.6. The number of carbonyl (C=O) groups is 1. The second-order valence-electron chi connectivity index (χ2n) is 8.71. The third-order valence-electron chi connectivity index (χ3n) is 5.75. The van der Waals surface area contributed by atoms with Crippen molar-refractivity contribution in [2.45, 2.75) is 32.9 Å². The number of anilines is 1. The maximum absolute atomic E-state index is 13.1. The van der Waals surface area contributed by atoms with Crippen molar-refractivity contribution < 1.29 is 19.0 Å². The SMILES string of the molecule is COc1cc(C(=O)Nc2cccc(Cn3ccnc3C(C)C)c2)cc(OC)c1OCc1ccccc1. The average molecular weight is 486 g/mol. The first-order valence-corrected chi connectivity index (χ1v) is 11.8. The molecule has 0 fully saturated rings. The molecule has 3 aromatic carbocycles. The summed E-state index contributed by atoms with van der Waals surface area (Å²) in [7, 11) is 3.08. The highest BCUT2D eigenvalue weighted by Gasteiger charge is 2.18. The molecule has 0 aliphatic heterocycles. The van der Waals surface area contributed by atoms with Gasteiger partial charge in [0.1, 0.15) is 12.4 Å². The molecule has 1 aromatic heterocycles. The largest absolute Gasteiger partial charge is 0.493 e. The third-order valence-corrected chi connectivity index (χ3v) is 5.75. The van der Waals surface area contributed by atoms with E-state index in [1.165, 1.54) is 14.2 Å². The zero-order valence-electron chi connectivity index (χ0n) is 21.0. The fourth-order valence-electron chi connectivity index (χ4n) is 3.99. The van der Waals surface area contributed by atoms with Gasteiger partial charge in [0.2, 0.25) is 5.75 Å². The molecule has 1 N–H and O–H groups in total. The Bertz CT molecular complexity index is 1290. The van der Waals surface area contributed by atoms with E-state index in [2.05, 4.69) is 28.7 Å². The van der Waals surface area contributed by atoms with Gasteiger partial charge >= 0.3 is 0 Å². The van der Waals surface area contributed by atoms with Gasteiger partial charge in [-0.3, -0.25) is 4.79 Å². The lowest BCUT2D eigenvalue weighted by Gasteiger charge is -2.16. The minimum Gasteiger partial charge on any atom is -0.493 e. The molecular weight excluding hydrogens is 454 g/mol. The number of nitrogens with one attached hydrogen (secondary N) is 1. The number of carbonyl (C=O) groups excluding carboxylic acids is 1. The number of rotatable bonds is 10. The van der Waals surface area contributed by atoms with Gasteiger partial charge in [-0.2, -0.15) is 0 Å². The van der Waals surface area contributed by atoms with Gasteiger partial charge in [-0.15, -0.1) is 0 Å². The Morgan fingerprint density at radius 1 is 0.944 bits per heavy atom. The molecular formula is C29H31N3O4. The van der Waals surface area contributed by atoms with Crippen molar-refractivity contribution in [3.8, 4) is 17.2 Å². The van der Waals surface area contributed by atoms with Crippen LogP contribution in [0.25, 0.3) is 0 Å². The van der Waals surface area contributed by atoms with E-state index >= 15 is 0 Å². The van der Waals surface area contributed by atoms with Crippen LogP contribution < -0.4 is 19.5 Å². The predicted octanol–water partition coefficient (Wildman–Crippen LogP) is 5.90. The molecule has 0 saturated carbocycles. The van der Waals surface area contributed by atoms with Crippen LogP contribution in [-0.2, 0) is 13.2 Å². The van der Waals surface area contributed by atoms with Gasteiger partial charge in [-0.05, 0) is 35.4 Å². The van der Waals surface area contributed by atoms with Crippen LogP contribution in [0.2, 0.25) is 0 Å². The van der Waals surface area contributed by atoms with E-state index in [1.807, 2.05) is 67.0 Å². The molecule has 4 rings (SSSR count). The summed E-state index contributed by atoms with van der Waals surface area (Å²) in [5.41, 5.74) is 3.18. The van der Waals surface area contributed by atoms with E-state index in [0.717, 1.165) is 17.0 Å². The zero-order chi connectivity index (χ0) is 25.5. The molecule has 1 amide bonds. The number of amides is 1. The fraction of sp³-hybridized carbons (Fsp3) is 0.241. The Morgan fingerprint density at radius 2 is 1.64 bits per heavy atom. The first-order valence-electron chi connectivity index (χ1n) is 11.8. The van der Waals surface area contributed by atoms with Crippen LogP contribution in [0.4, 0.5) is 5.69 Å². The molecule has 1 heterocycles. The first-order chi connectivity index (χ1) is 17.5. The van der Waals surface area contributed by atoms with Crippen LogP contribution >= 0.6 is 0 Å². The van der Waals surface area contributed by atoms with Crippen molar-refractivity contribution in [1.82, 2.24) is 9.55 Å².